The van der Waals surface area contributed by atoms with Gasteiger partial charge in [-0.05, 0) is 12.1 Å². The molecule has 1 aromatic heterocycles. The van der Waals surface area contributed by atoms with E-state index in [2.05, 4.69) is 15.0 Å². The molecule has 7 heteroatoms. The van der Waals surface area contributed by atoms with Gasteiger partial charge in [0.25, 0.3) is 0 Å². The molecule has 2 aromatic rings. The fraction of sp³-hybridized carbons (Fsp3) is 0.182. The minimum Gasteiger partial charge on any atom is -0.464 e. The summed E-state index contributed by atoms with van der Waals surface area (Å²) in [6, 6.07) is 4.40. The van der Waals surface area contributed by atoms with Crippen LogP contribution in [0.2, 0.25) is 5.02 Å². The quantitative estimate of drug-likeness (QED) is 0.799. The van der Waals surface area contributed by atoms with Gasteiger partial charge >= 0.3 is 5.97 Å². The first-order valence-corrected chi connectivity index (χ1v) is 5.41. The Labute approximate surface area is 107 Å². The van der Waals surface area contributed by atoms with Crippen molar-refractivity contribution in [1.29, 1.82) is 0 Å². The van der Waals surface area contributed by atoms with Crippen molar-refractivity contribution in [2.24, 2.45) is 0 Å². The topological polar surface area (TPSA) is 57.0 Å². The van der Waals surface area contributed by atoms with Crippen LogP contribution in [0.15, 0.2) is 24.4 Å². The fourth-order valence-corrected chi connectivity index (χ4v) is 1.64. The van der Waals surface area contributed by atoms with E-state index in [4.69, 9.17) is 11.6 Å². The minimum absolute atomic E-state index is 0.0601. The fourth-order valence-electron chi connectivity index (χ4n) is 1.42. The number of hydrogen-bond donors (Lipinski definition) is 0. The molecule has 0 N–H and O–H groups in total. The molecule has 0 unspecified atom stereocenters. The van der Waals surface area contributed by atoms with E-state index in [1.807, 2.05) is 0 Å². The number of hydrogen-bond acceptors (Lipinski definition) is 4. The summed E-state index contributed by atoms with van der Waals surface area (Å²) in [6.07, 6.45) is 1.37. The zero-order chi connectivity index (χ0) is 13.1. The van der Waals surface area contributed by atoms with Gasteiger partial charge in [-0.2, -0.15) is 0 Å². The van der Waals surface area contributed by atoms with Gasteiger partial charge in [-0.25, -0.2) is 13.9 Å². The highest BCUT2D eigenvalue weighted by Crippen LogP contribution is 2.19. The predicted molar refractivity (Wildman–Crippen MR) is 61.9 cm³/mol. The summed E-state index contributed by atoms with van der Waals surface area (Å²) in [4.78, 5) is 11.2. The summed E-state index contributed by atoms with van der Waals surface area (Å²) in [5.74, 6) is -1.03. The number of ether oxygens (including phenoxy) is 1. The second kappa shape index (κ2) is 5.14. The van der Waals surface area contributed by atoms with E-state index in [1.165, 1.54) is 30.1 Å². The van der Waals surface area contributed by atoms with Crippen LogP contribution in [0.3, 0.4) is 0 Å². The van der Waals surface area contributed by atoms with E-state index < -0.39 is 11.8 Å². The average molecular weight is 270 g/mol. The Balaban J connectivity index is 2.24. The maximum Gasteiger partial charge on any atom is 0.360 e. The molecule has 0 spiro atoms. The number of benzene rings is 1. The lowest BCUT2D eigenvalue weighted by atomic mass is 10.2. The van der Waals surface area contributed by atoms with Crippen LogP contribution in [-0.2, 0) is 11.3 Å². The molecule has 0 bridgehead atoms. The molecule has 0 aliphatic rings. The molecule has 18 heavy (non-hydrogen) atoms. The van der Waals surface area contributed by atoms with Gasteiger partial charge < -0.3 is 4.74 Å². The first kappa shape index (κ1) is 12.5. The van der Waals surface area contributed by atoms with Gasteiger partial charge in [0.15, 0.2) is 5.69 Å². The first-order valence-electron chi connectivity index (χ1n) is 5.03. The molecule has 2 rings (SSSR count). The van der Waals surface area contributed by atoms with Crippen molar-refractivity contribution in [3.8, 4) is 0 Å². The van der Waals surface area contributed by atoms with E-state index in [-0.39, 0.29) is 12.2 Å². The standard InChI is InChI=1S/C11H9ClFN3O2/c1-18-11(17)10-6-16(15-14-10)5-7-8(12)3-2-4-9(7)13/h2-4,6H,5H2,1H3. The molecule has 5 nitrogen and oxygen atoms in total. The molecule has 0 radical (unpaired) electrons. The van der Waals surface area contributed by atoms with E-state index in [9.17, 15) is 9.18 Å². The number of rotatable bonds is 3. The zero-order valence-electron chi connectivity index (χ0n) is 9.43. The summed E-state index contributed by atoms with van der Waals surface area (Å²) in [7, 11) is 1.25. The highest BCUT2D eigenvalue weighted by molar-refractivity contribution is 6.31. The van der Waals surface area contributed by atoms with Gasteiger partial charge in [-0.1, -0.05) is 22.9 Å². The maximum atomic E-state index is 13.5. The highest BCUT2D eigenvalue weighted by Gasteiger charge is 2.13. The van der Waals surface area contributed by atoms with Crippen molar-refractivity contribution >= 4 is 17.6 Å². The molecular formula is C11H9ClFN3O2. The average Bonchev–Trinajstić information content (AvgIpc) is 2.81. The van der Waals surface area contributed by atoms with Crippen LogP contribution in [-0.4, -0.2) is 28.1 Å². The number of methoxy groups -OCH3 is 1. The van der Waals surface area contributed by atoms with Crippen LogP contribution in [0.5, 0.6) is 0 Å². The number of aromatic nitrogens is 3. The summed E-state index contributed by atoms with van der Waals surface area (Å²) in [6.45, 7) is 0.0928. The van der Waals surface area contributed by atoms with Gasteiger partial charge in [0.05, 0.1) is 19.9 Å². The van der Waals surface area contributed by atoms with Gasteiger partial charge in [-0.3, -0.25) is 0 Å². The highest BCUT2D eigenvalue weighted by atomic mass is 35.5. The largest absolute Gasteiger partial charge is 0.464 e. The Hall–Kier alpha value is -1.95. The Morgan fingerprint density at radius 2 is 2.33 bits per heavy atom. The number of nitrogens with zero attached hydrogens (tertiary/aromatic N) is 3. The molecule has 0 amide bonds. The number of carbonyl (C=O) groups excluding carboxylic acids is 1. The molecule has 1 aromatic carbocycles. The number of carbonyl (C=O) groups is 1. The van der Waals surface area contributed by atoms with Crippen molar-refractivity contribution in [2.75, 3.05) is 7.11 Å². The zero-order valence-corrected chi connectivity index (χ0v) is 10.2. The minimum atomic E-state index is -0.596. The van der Waals surface area contributed by atoms with Crippen LogP contribution in [0.25, 0.3) is 0 Å². The molecule has 94 valence electrons. The van der Waals surface area contributed by atoms with Crippen molar-refractivity contribution in [3.63, 3.8) is 0 Å². The predicted octanol–water partition coefficient (Wildman–Crippen LogP) is 1.91. The summed E-state index contributed by atoms with van der Waals surface area (Å²) >= 11 is 5.88. The van der Waals surface area contributed by atoms with Crippen LogP contribution in [0.4, 0.5) is 4.39 Å². The molecule has 0 aliphatic carbocycles. The van der Waals surface area contributed by atoms with E-state index in [0.717, 1.165) is 0 Å². The number of halogens is 2. The van der Waals surface area contributed by atoms with Crippen LogP contribution >= 0.6 is 11.6 Å². The first-order chi connectivity index (χ1) is 8.61. The molecular weight excluding hydrogens is 261 g/mol. The lowest BCUT2D eigenvalue weighted by Gasteiger charge is -2.04. The molecule has 0 aliphatic heterocycles. The smallest absolute Gasteiger partial charge is 0.360 e. The monoisotopic (exact) mass is 269 g/mol. The molecule has 0 atom stereocenters. The van der Waals surface area contributed by atoms with Gasteiger partial charge in [0.1, 0.15) is 5.82 Å². The van der Waals surface area contributed by atoms with Crippen molar-refractivity contribution in [2.45, 2.75) is 6.54 Å². The van der Waals surface area contributed by atoms with Gasteiger partial charge in [0, 0.05) is 10.6 Å². The summed E-state index contributed by atoms with van der Waals surface area (Å²) in [5.41, 5.74) is 0.352. The Morgan fingerprint density at radius 1 is 1.56 bits per heavy atom. The SMILES string of the molecule is COC(=O)c1cn(Cc2c(F)cccc2Cl)nn1. The third kappa shape index (κ3) is 2.48. The molecule has 0 saturated carbocycles. The lowest BCUT2D eigenvalue weighted by molar-refractivity contribution is 0.0594. The van der Waals surface area contributed by atoms with E-state index in [1.54, 1.807) is 6.07 Å². The van der Waals surface area contributed by atoms with Crippen molar-refractivity contribution < 1.29 is 13.9 Å². The molecule has 1 heterocycles. The van der Waals surface area contributed by atoms with Gasteiger partial charge in [0.2, 0.25) is 0 Å². The van der Waals surface area contributed by atoms with Crippen molar-refractivity contribution in [3.05, 3.63) is 46.5 Å². The van der Waals surface area contributed by atoms with Gasteiger partial charge in [-0.15, -0.1) is 5.10 Å². The Bertz CT molecular complexity index is 565. The second-order valence-electron chi connectivity index (χ2n) is 3.49. The lowest BCUT2D eigenvalue weighted by Crippen LogP contribution is -2.04. The van der Waals surface area contributed by atoms with E-state index >= 15 is 0 Å². The normalized spacial score (nSPS) is 10.4. The number of esters is 1. The maximum absolute atomic E-state index is 13.5. The van der Waals surface area contributed by atoms with Crippen LogP contribution < -0.4 is 0 Å². The second-order valence-corrected chi connectivity index (χ2v) is 3.90. The van der Waals surface area contributed by atoms with E-state index in [0.29, 0.717) is 10.6 Å². The van der Waals surface area contributed by atoms with Crippen molar-refractivity contribution in [1.82, 2.24) is 15.0 Å². The van der Waals surface area contributed by atoms with Crippen LogP contribution in [0, 0.1) is 5.82 Å². The Kier molecular flexibility index (Phi) is 3.57. The third-order valence-corrected chi connectivity index (χ3v) is 2.67. The summed E-state index contributed by atoms with van der Waals surface area (Å²) < 4.78 is 19.3. The Morgan fingerprint density at radius 3 is 3.00 bits per heavy atom. The third-order valence-electron chi connectivity index (χ3n) is 2.31. The molecule has 0 saturated heterocycles. The van der Waals surface area contributed by atoms with Crippen LogP contribution in [0.1, 0.15) is 16.1 Å². The summed E-state index contributed by atoms with van der Waals surface area (Å²) in [5, 5.41) is 7.61. The molecule has 0 fully saturated rings.